The van der Waals surface area contributed by atoms with Crippen molar-refractivity contribution in [2.75, 3.05) is 0 Å². The molecule has 1 aliphatic rings. The Labute approximate surface area is 121 Å². The number of nitriles is 1. The summed E-state index contributed by atoms with van der Waals surface area (Å²) < 4.78 is 0. The second kappa shape index (κ2) is 6.48. The normalized spacial score (nSPS) is 18.6. The van der Waals surface area contributed by atoms with Gasteiger partial charge in [-0.25, -0.2) is 0 Å². The lowest BCUT2D eigenvalue weighted by molar-refractivity contribution is -0.136. The van der Waals surface area contributed by atoms with Crippen LogP contribution in [-0.4, -0.2) is 23.8 Å². The molecule has 1 heterocycles. The van der Waals surface area contributed by atoms with Gasteiger partial charge in [0, 0.05) is 6.42 Å². The number of hydrogen-bond acceptors (Lipinski definition) is 4. The monoisotopic (exact) mass is 283 g/mol. The topological polar surface area (TPSA) is 99.1 Å². The van der Waals surface area contributed by atoms with E-state index in [0.29, 0.717) is 5.56 Å². The number of hydrogen-bond donors (Lipinski definition) is 2. The van der Waals surface area contributed by atoms with Gasteiger partial charge < -0.3 is 5.32 Å². The first-order valence-corrected chi connectivity index (χ1v) is 6.41. The molecule has 0 aromatic heterocycles. The van der Waals surface area contributed by atoms with Crippen LogP contribution in [0.25, 0.3) is 6.08 Å². The zero-order valence-corrected chi connectivity index (χ0v) is 11.1. The molecule has 0 saturated carbocycles. The number of carbonyl (C=O) groups excluding carboxylic acids is 3. The van der Waals surface area contributed by atoms with Crippen LogP contribution in [0.15, 0.2) is 35.9 Å². The van der Waals surface area contributed by atoms with E-state index < -0.39 is 17.9 Å². The molecule has 0 radical (unpaired) electrons. The molecule has 1 unspecified atom stereocenters. The first-order chi connectivity index (χ1) is 10.1. The van der Waals surface area contributed by atoms with Crippen molar-refractivity contribution in [3.05, 3.63) is 41.5 Å². The van der Waals surface area contributed by atoms with Crippen LogP contribution in [0.5, 0.6) is 0 Å². The second-order valence-electron chi connectivity index (χ2n) is 4.56. The van der Waals surface area contributed by atoms with E-state index in [4.69, 9.17) is 5.26 Å². The van der Waals surface area contributed by atoms with Gasteiger partial charge in [0.05, 0.1) is 0 Å². The van der Waals surface area contributed by atoms with E-state index in [1.54, 1.807) is 24.3 Å². The molecule has 21 heavy (non-hydrogen) atoms. The number of nitrogens with zero attached hydrogens (tertiary/aromatic N) is 1. The lowest BCUT2D eigenvalue weighted by Crippen LogP contribution is -2.52. The van der Waals surface area contributed by atoms with E-state index in [1.807, 2.05) is 12.1 Å². The van der Waals surface area contributed by atoms with Gasteiger partial charge in [-0.05, 0) is 18.1 Å². The molecule has 2 rings (SSSR count). The summed E-state index contributed by atoms with van der Waals surface area (Å²) in [6.45, 7) is 0. The first-order valence-electron chi connectivity index (χ1n) is 6.41. The second-order valence-corrected chi connectivity index (χ2v) is 4.56. The molecule has 6 heteroatoms. The number of carbonyl (C=O) groups is 3. The Morgan fingerprint density at radius 1 is 1.33 bits per heavy atom. The summed E-state index contributed by atoms with van der Waals surface area (Å²) in [6.07, 6.45) is 1.85. The molecule has 2 N–H and O–H groups in total. The highest BCUT2D eigenvalue weighted by atomic mass is 16.2. The molecule has 3 amide bonds. The van der Waals surface area contributed by atoms with Crippen LogP contribution in [0.4, 0.5) is 0 Å². The number of rotatable bonds is 3. The summed E-state index contributed by atoms with van der Waals surface area (Å²) in [5, 5.41) is 13.7. The molecule has 0 bridgehead atoms. The third kappa shape index (κ3) is 3.76. The molecular formula is C15H13N3O3. The first kappa shape index (κ1) is 14.5. The highest BCUT2D eigenvalue weighted by molar-refractivity contribution is 6.06. The average molecular weight is 283 g/mol. The van der Waals surface area contributed by atoms with Crippen LogP contribution in [-0.2, 0) is 14.4 Å². The van der Waals surface area contributed by atoms with Gasteiger partial charge in [-0.15, -0.1) is 0 Å². The van der Waals surface area contributed by atoms with E-state index >= 15 is 0 Å². The molecule has 106 valence electrons. The largest absolute Gasteiger partial charge is 0.340 e. The maximum Gasteiger partial charge on any atom is 0.262 e. The summed E-state index contributed by atoms with van der Waals surface area (Å²) in [7, 11) is 0. The van der Waals surface area contributed by atoms with E-state index in [9.17, 15) is 14.4 Å². The zero-order chi connectivity index (χ0) is 15.2. The summed E-state index contributed by atoms with van der Waals surface area (Å²) in [4.78, 5) is 34.6. The highest BCUT2D eigenvalue weighted by Gasteiger charge is 2.28. The van der Waals surface area contributed by atoms with Crippen molar-refractivity contribution in [3.63, 3.8) is 0 Å². The SMILES string of the molecule is N#C/C(=C\c1ccccc1)C(=O)NC1CCC(=O)NC1=O. The molecule has 1 saturated heterocycles. The van der Waals surface area contributed by atoms with Crippen molar-refractivity contribution in [2.45, 2.75) is 18.9 Å². The number of amides is 3. The van der Waals surface area contributed by atoms with Crippen molar-refractivity contribution >= 4 is 23.8 Å². The standard InChI is InChI=1S/C15H13N3O3/c16-9-11(8-10-4-2-1-3-5-10)14(20)17-12-6-7-13(19)18-15(12)21/h1-5,8,12H,6-7H2,(H,17,20)(H,18,19,21)/b11-8+. The van der Waals surface area contributed by atoms with Crippen LogP contribution in [0.1, 0.15) is 18.4 Å². The van der Waals surface area contributed by atoms with Crippen molar-refractivity contribution in [3.8, 4) is 6.07 Å². The molecule has 0 aliphatic carbocycles. The molecule has 1 aromatic rings. The Morgan fingerprint density at radius 2 is 2.05 bits per heavy atom. The minimum absolute atomic E-state index is 0.0918. The Hall–Kier alpha value is -2.94. The maximum atomic E-state index is 12.0. The fourth-order valence-corrected chi connectivity index (χ4v) is 1.93. The van der Waals surface area contributed by atoms with Gasteiger partial charge in [-0.2, -0.15) is 5.26 Å². The van der Waals surface area contributed by atoms with Crippen LogP contribution in [0.3, 0.4) is 0 Å². The van der Waals surface area contributed by atoms with Crippen molar-refractivity contribution in [1.29, 1.82) is 5.26 Å². The summed E-state index contributed by atoms with van der Waals surface area (Å²) >= 11 is 0. The molecule has 1 fully saturated rings. The molecule has 1 atom stereocenters. The zero-order valence-electron chi connectivity index (χ0n) is 11.1. The molecule has 0 spiro atoms. The molecule has 1 aromatic carbocycles. The Bertz CT molecular complexity index is 644. The van der Waals surface area contributed by atoms with E-state index in [1.165, 1.54) is 6.08 Å². The van der Waals surface area contributed by atoms with Crippen LogP contribution in [0.2, 0.25) is 0 Å². The van der Waals surface area contributed by atoms with Crippen molar-refractivity contribution in [1.82, 2.24) is 10.6 Å². The fraction of sp³-hybridized carbons (Fsp3) is 0.200. The Kier molecular flexibility index (Phi) is 4.46. The third-order valence-electron chi connectivity index (χ3n) is 3.02. The molecular weight excluding hydrogens is 270 g/mol. The minimum Gasteiger partial charge on any atom is -0.340 e. The van der Waals surface area contributed by atoms with Crippen LogP contribution in [0, 0.1) is 11.3 Å². The number of nitrogens with one attached hydrogen (secondary N) is 2. The van der Waals surface area contributed by atoms with Gasteiger partial charge in [-0.3, -0.25) is 19.7 Å². The van der Waals surface area contributed by atoms with E-state index in [0.717, 1.165) is 0 Å². The summed E-state index contributed by atoms with van der Waals surface area (Å²) in [6, 6.07) is 9.95. The van der Waals surface area contributed by atoms with E-state index in [-0.39, 0.29) is 24.3 Å². The highest BCUT2D eigenvalue weighted by Crippen LogP contribution is 2.09. The van der Waals surface area contributed by atoms with Gasteiger partial charge in [-0.1, -0.05) is 30.3 Å². The van der Waals surface area contributed by atoms with Gasteiger partial charge in [0.2, 0.25) is 11.8 Å². The quantitative estimate of drug-likeness (QED) is 0.480. The van der Waals surface area contributed by atoms with Crippen molar-refractivity contribution < 1.29 is 14.4 Å². The maximum absolute atomic E-state index is 12.0. The number of imide groups is 1. The number of benzene rings is 1. The molecule has 1 aliphatic heterocycles. The predicted molar refractivity (Wildman–Crippen MR) is 74.3 cm³/mol. The van der Waals surface area contributed by atoms with Gasteiger partial charge in [0.1, 0.15) is 17.7 Å². The van der Waals surface area contributed by atoms with Crippen LogP contribution < -0.4 is 10.6 Å². The lowest BCUT2D eigenvalue weighted by Gasteiger charge is -2.21. The lowest BCUT2D eigenvalue weighted by atomic mass is 10.1. The van der Waals surface area contributed by atoms with Gasteiger partial charge >= 0.3 is 0 Å². The third-order valence-corrected chi connectivity index (χ3v) is 3.02. The van der Waals surface area contributed by atoms with Gasteiger partial charge in [0.15, 0.2) is 0 Å². The van der Waals surface area contributed by atoms with E-state index in [2.05, 4.69) is 10.6 Å². The van der Waals surface area contributed by atoms with Crippen molar-refractivity contribution in [2.24, 2.45) is 0 Å². The summed E-state index contributed by atoms with van der Waals surface area (Å²) in [5.74, 6) is -1.53. The number of piperidine rings is 1. The van der Waals surface area contributed by atoms with Gasteiger partial charge in [0.25, 0.3) is 5.91 Å². The smallest absolute Gasteiger partial charge is 0.262 e. The minimum atomic E-state index is -0.789. The van der Waals surface area contributed by atoms with Crippen LogP contribution >= 0.6 is 0 Å². The fourth-order valence-electron chi connectivity index (χ4n) is 1.93. The Morgan fingerprint density at radius 3 is 2.67 bits per heavy atom. The summed E-state index contributed by atoms with van der Waals surface area (Å²) in [5.41, 5.74) is 0.623. The molecule has 6 nitrogen and oxygen atoms in total. The predicted octanol–water partition coefficient (Wildman–Crippen LogP) is 0.515. The Balaban J connectivity index is 2.08. The average Bonchev–Trinajstić information content (AvgIpc) is 2.48.